The topological polar surface area (TPSA) is 103 Å². The zero-order valence-corrected chi connectivity index (χ0v) is 19.2. The van der Waals surface area contributed by atoms with E-state index >= 15 is 0 Å². The summed E-state index contributed by atoms with van der Waals surface area (Å²) < 4.78 is 43.6. The van der Waals surface area contributed by atoms with Crippen LogP contribution in [0.4, 0.5) is 11.4 Å². The number of rotatable bonds is 9. The van der Waals surface area contributed by atoms with Gasteiger partial charge in [-0.3, -0.25) is 9.52 Å². The molecule has 3 rings (SSSR count). The van der Waals surface area contributed by atoms with Gasteiger partial charge in [-0.15, -0.1) is 0 Å². The highest BCUT2D eigenvalue weighted by Gasteiger charge is 2.15. The Morgan fingerprint density at radius 1 is 0.848 bits per heavy atom. The number of para-hydroxylation sites is 1. The van der Waals surface area contributed by atoms with Crippen molar-refractivity contribution in [1.82, 2.24) is 0 Å². The Morgan fingerprint density at radius 2 is 1.58 bits per heavy atom. The largest absolute Gasteiger partial charge is 0.497 e. The molecule has 172 valence electrons. The molecular formula is C24H24N2O6S. The highest BCUT2D eigenvalue weighted by Crippen LogP contribution is 2.31. The van der Waals surface area contributed by atoms with Crippen LogP contribution in [0.5, 0.6) is 17.2 Å². The molecule has 0 aliphatic carbocycles. The first-order chi connectivity index (χ1) is 15.9. The third kappa shape index (κ3) is 6.05. The summed E-state index contributed by atoms with van der Waals surface area (Å²) in [5.41, 5.74) is 1.38. The van der Waals surface area contributed by atoms with Crippen molar-refractivity contribution in [2.45, 2.75) is 4.90 Å². The fraction of sp³-hybridized carbons (Fsp3) is 0.125. The molecule has 33 heavy (non-hydrogen) atoms. The molecule has 0 atom stereocenters. The summed E-state index contributed by atoms with van der Waals surface area (Å²) >= 11 is 0. The lowest BCUT2D eigenvalue weighted by molar-refractivity contribution is -0.111. The van der Waals surface area contributed by atoms with E-state index in [0.717, 1.165) is 0 Å². The Labute approximate surface area is 192 Å². The molecule has 0 fully saturated rings. The summed E-state index contributed by atoms with van der Waals surface area (Å²) in [6, 6.07) is 17.8. The standard InChI is InChI=1S/C24H24N2O6S/c1-30-20-13-11-18(12-14-20)26-33(28,29)21-8-5-7-19(16-21)25-23(27)15-10-17-6-4-9-22(31-2)24(17)32-3/h4-16,26H,1-3H3,(H,25,27)/b15-10+. The van der Waals surface area contributed by atoms with E-state index in [-0.39, 0.29) is 4.90 Å². The maximum absolute atomic E-state index is 12.7. The highest BCUT2D eigenvalue weighted by atomic mass is 32.2. The maximum atomic E-state index is 12.7. The second kappa shape index (κ2) is 10.6. The number of nitrogens with one attached hydrogen (secondary N) is 2. The second-order valence-corrected chi connectivity index (χ2v) is 8.45. The molecule has 0 heterocycles. The van der Waals surface area contributed by atoms with Crippen LogP contribution in [0.2, 0.25) is 0 Å². The smallest absolute Gasteiger partial charge is 0.261 e. The van der Waals surface area contributed by atoms with Gasteiger partial charge in [0.15, 0.2) is 11.5 Å². The van der Waals surface area contributed by atoms with Crippen molar-refractivity contribution in [1.29, 1.82) is 0 Å². The van der Waals surface area contributed by atoms with Crippen molar-refractivity contribution in [2.75, 3.05) is 31.4 Å². The van der Waals surface area contributed by atoms with Gasteiger partial charge in [0, 0.05) is 23.0 Å². The SMILES string of the molecule is COc1ccc(NS(=O)(=O)c2cccc(NC(=O)/C=C/c3cccc(OC)c3OC)c2)cc1. The van der Waals surface area contributed by atoms with Gasteiger partial charge in [0.05, 0.1) is 26.2 Å². The predicted octanol–water partition coefficient (Wildman–Crippen LogP) is 4.17. The van der Waals surface area contributed by atoms with Crippen molar-refractivity contribution < 1.29 is 27.4 Å². The van der Waals surface area contributed by atoms with E-state index in [9.17, 15) is 13.2 Å². The fourth-order valence-electron chi connectivity index (χ4n) is 3.01. The molecule has 3 aromatic carbocycles. The van der Waals surface area contributed by atoms with Crippen molar-refractivity contribution in [3.05, 3.63) is 78.4 Å². The number of anilines is 2. The highest BCUT2D eigenvalue weighted by molar-refractivity contribution is 7.92. The van der Waals surface area contributed by atoms with Crippen molar-refractivity contribution in [3.8, 4) is 17.2 Å². The number of benzene rings is 3. The molecule has 0 aliphatic rings. The lowest BCUT2D eigenvalue weighted by Gasteiger charge is -2.11. The molecule has 3 aromatic rings. The maximum Gasteiger partial charge on any atom is 0.261 e. The van der Waals surface area contributed by atoms with Gasteiger partial charge in [-0.2, -0.15) is 0 Å². The van der Waals surface area contributed by atoms with Gasteiger partial charge in [-0.05, 0) is 54.6 Å². The first-order valence-corrected chi connectivity index (χ1v) is 11.3. The first-order valence-electron chi connectivity index (χ1n) is 9.83. The van der Waals surface area contributed by atoms with Crippen molar-refractivity contribution in [3.63, 3.8) is 0 Å². The molecule has 8 nitrogen and oxygen atoms in total. The molecule has 0 aromatic heterocycles. The van der Waals surface area contributed by atoms with Crippen LogP contribution in [0.3, 0.4) is 0 Å². The number of hydrogen-bond acceptors (Lipinski definition) is 6. The van der Waals surface area contributed by atoms with Gasteiger partial charge in [-0.25, -0.2) is 8.42 Å². The number of carbonyl (C=O) groups is 1. The lowest BCUT2D eigenvalue weighted by Crippen LogP contribution is -2.14. The monoisotopic (exact) mass is 468 g/mol. The number of amides is 1. The molecule has 0 saturated heterocycles. The van der Waals surface area contributed by atoms with E-state index < -0.39 is 15.9 Å². The molecule has 1 amide bonds. The van der Waals surface area contributed by atoms with Gasteiger partial charge in [0.2, 0.25) is 5.91 Å². The summed E-state index contributed by atoms with van der Waals surface area (Å²) in [5, 5.41) is 2.66. The zero-order chi connectivity index (χ0) is 23.8. The summed E-state index contributed by atoms with van der Waals surface area (Å²) in [4.78, 5) is 12.4. The molecule has 0 bridgehead atoms. The van der Waals surface area contributed by atoms with Crippen LogP contribution in [0, 0.1) is 0 Å². The minimum absolute atomic E-state index is 0.00885. The molecule has 0 aliphatic heterocycles. The van der Waals surface area contributed by atoms with Crippen LogP contribution in [0.1, 0.15) is 5.56 Å². The Balaban J connectivity index is 1.73. The van der Waals surface area contributed by atoms with Crippen LogP contribution in [0.15, 0.2) is 77.7 Å². The third-order valence-electron chi connectivity index (χ3n) is 4.60. The van der Waals surface area contributed by atoms with Crippen LogP contribution in [-0.2, 0) is 14.8 Å². The molecule has 2 N–H and O–H groups in total. The molecule has 9 heteroatoms. The van der Waals surface area contributed by atoms with Gasteiger partial charge in [0.1, 0.15) is 5.75 Å². The van der Waals surface area contributed by atoms with E-state index in [1.165, 1.54) is 39.5 Å². The van der Waals surface area contributed by atoms with E-state index in [0.29, 0.717) is 34.2 Å². The quantitative estimate of drug-likeness (QED) is 0.457. The molecule has 0 spiro atoms. The number of ether oxygens (including phenoxy) is 3. The lowest BCUT2D eigenvalue weighted by atomic mass is 10.1. The van der Waals surface area contributed by atoms with Crippen LogP contribution < -0.4 is 24.2 Å². The fourth-order valence-corrected chi connectivity index (χ4v) is 4.11. The number of carbonyl (C=O) groups excluding carboxylic acids is 1. The number of hydrogen-bond donors (Lipinski definition) is 2. The Bertz CT molecular complexity index is 1250. The normalized spacial score (nSPS) is 11.1. The van der Waals surface area contributed by atoms with Crippen LogP contribution >= 0.6 is 0 Å². The molecule has 0 saturated carbocycles. The Morgan fingerprint density at radius 3 is 2.24 bits per heavy atom. The van der Waals surface area contributed by atoms with Gasteiger partial charge in [0.25, 0.3) is 10.0 Å². The van der Waals surface area contributed by atoms with Gasteiger partial charge >= 0.3 is 0 Å². The second-order valence-electron chi connectivity index (χ2n) is 6.77. The van der Waals surface area contributed by atoms with E-state index in [1.54, 1.807) is 60.7 Å². The van der Waals surface area contributed by atoms with Crippen molar-refractivity contribution >= 4 is 33.4 Å². The minimum Gasteiger partial charge on any atom is -0.497 e. The summed E-state index contributed by atoms with van der Waals surface area (Å²) in [6.45, 7) is 0. The van der Waals surface area contributed by atoms with Gasteiger partial charge in [-0.1, -0.05) is 18.2 Å². The molecule has 0 unspecified atom stereocenters. The van der Waals surface area contributed by atoms with E-state index in [2.05, 4.69) is 10.0 Å². The Hall–Kier alpha value is -3.98. The van der Waals surface area contributed by atoms with E-state index in [1.807, 2.05) is 0 Å². The van der Waals surface area contributed by atoms with Crippen LogP contribution in [0.25, 0.3) is 6.08 Å². The predicted molar refractivity (Wildman–Crippen MR) is 127 cm³/mol. The number of sulfonamides is 1. The minimum atomic E-state index is -3.85. The summed E-state index contributed by atoms with van der Waals surface area (Å²) in [6.07, 6.45) is 2.91. The van der Waals surface area contributed by atoms with Crippen molar-refractivity contribution in [2.24, 2.45) is 0 Å². The first kappa shape index (κ1) is 23.7. The van der Waals surface area contributed by atoms with E-state index in [4.69, 9.17) is 14.2 Å². The zero-order valence-electron chi connectivity index (χ0n) is 18.4. The number of methoxy groups -OCH3 is 3. The van der Waals surface area contributed by atoms with Crippen LogP contribution in [-0.4, -0.2) is 35.7 Å². The summed E-state index contributed by atoms with van der Waals surface area (Å²) in [5.74, 6) is 1.23. The van der Waals surface area contributed by atoms with Gasteiger partial charge < -0.3 is 19.5 Å². The average Bonchev–Trinajstić information content (AvgIpc) is 2.82. The molecular weight excluding hydrogens is 444 g/mol. The average molecular weight is 469 g/mol. The Kier molecular flexibility index (Phi) is 7.57. The third-order valence-corrected chi connectivity index (χ3v) is 5.98. The summed E-state index contributed by atoms with van der Waals surface area (Å²) in [7, 11) is 0.721. The molecule has 0 radical (unpaired) electrons.